The maximum atomic E-state index is 12.3. The Morgan fingerprint density at radius 2 is 1.38 bits per heavy atom. The standard InChI is InChI=1S/C35H30N2O4S/c1-21-9-7-10-22(2)34(21)36-25-15-17-27-30(19-25)41-31-20-26(37-35-23(3)11-8-12-24(35)4)16-18-28(31)33(27)29-13-5-6-14-32(29)42(38,39)40/h5-20,36H,1-4H3,(H,38,39,40)/p-1. The monoisotopic (exact) mass is 573 g/mol. The molecule has 4 aromatic carbocycles. The third-order valence-corrected chi connectivity index (χ3v) is 8.46. The first-order chi connectivity index (χ1) is 20.1. The van der Waals surface area contributed by atoms with E-state index < -0.39 is 10.1 Å². The van der Waals surface area contributed by atoms with Crippen molar-refractivity contribution in [1.29, 1.82) is 0 Å². The van der Waals surface area contributed by atoms with Crippen LogP contribution in [-0.2, 0) is 10.1 Å². The molecule has 0 amide bonds. The van der Waals surface area contributed by atoms with Crippen LogP contribution in [0.1, 0.15) is 22.3 Å². The summed E-state index contributed by atoms with van der Waals surface area (Å²) in [5.41, 5.74) is 9.20. The molecule has 0 saturated heterocycles. The number of aryl methyl sites for hydroxylation is 4. The summed E-state index contributed by atoms with van der Waals surface area (Å²) in [6, 6.07) is 29.8. The number of para-hydroxylation sites is 2. The molecule has 0 fully saturated rings. The Morgan fingerprint density at radius 1 is 0.714 bits per heavy atom. The van der Waals surface area contributed by atoms with Crippen molar-refractivity contribution in [2.24, 2.45) is 4.99 Å². The molecule has 4 aromatic rings. The quantitative estimate of drug-likeness (QED) is 0.165. The van der Waals surface area contributed by atoms with Crippen LogP contribution in [0, 0.1) is 27.7 Å². The molecule has 0 bridgehead atoms. The van der Waals surface area contributed by atoms with Crippen molar-refractivity contribution in [3.63, 3.8) is 0 Å². The maximum Gasteiger partial charge on any atom is 0.137 e. The van der Waals surface area contributed by atoms with E-state index in [0.29, 0.717) is 38.8 Å². The van der Waals surface area contributed by atoms with Gasteiger partial charge in [-0.3, -0.25) is 0 Å². The van der Waals surface area contributed by atoms with Crippen molar-refractivity contribution in [3.8, 4) is 22.5 Å². The van der Waals surface area contributed by atoms with Crippen LogP contribution in [-0.4, -0.2) is 13.0 Å². The van der Waals surface area contributed by atoms with E-state index in [2.05, 4.69) is 5.32 Å². The molecular weight excluding hydrogens is 544 g/mol. The summed E-state index contributed by atoms with van der Waals surface area (Å²) in [5, 5.41) is 4.89. The molecule has 1 N–H and O–H groups in total. The van der Waals surface area contributed by atoms with Crippen molar-refractivity contribution in [3.05, 3.63) is 125 Å². The average Bonchev–Trinajstić information content (AvgIpc) is 2.95. The Balaban J connectivity index is 1.64. The lowest BCUT2D eigenvalue weighted by molar-refractivity contribution is 0.463. The fourth-order valence-corrected chi connectivity index (χ4v) is 6.16. The third-order valence-electron chi connectivity index (χ3n) is 7.56. The third kappa shape index (κ3) is 5.09. The number of benzene rings is 5. The number of rotatable bonds is 5. The molecule has 2 aliphatic rings. The number of hydrogen-bond acceptors (Lipinski definition) is 6. The summed E-state index contributed by atoms with van der Waals surface area (Å²) in [6.07, 6.45) is 0. The van der Waals surface area contributed by atoms with Crippen LogP contribution in [0.15, 0.2) is 111 Å². The van der Waals surface area contributed by atoms with Crippen molar-refractivity contribution < 1.29 is 17.4 Å². The molecule has 0 spiro atoms. The lowest BCUT2D eigenvalue weighted by atomic mass is 9.93. The van der Waals surface area contributed by atoms with E-state index in [1.165, 1.54) is 6.07 Å². The van der Waals surface area contributed by atoms with Crippen LogP contribution in [0.2, 0.25) is 0 Å². The fourth-order valence-electron chi connectivity index (χ4n) is 5.47. The van der Waals surface area contributed by atoms with Gasteiger partial charge in [-0.2, -0.15) is 0 Å². The van der Waals surface area contributed by atoms with Crippen molar-refractivity contribution >= 4 is 38.1 Å². The van der Waals surface area contributed by atoms with Gasteiger partial charge in [0.15, 0.2) is 0 Å². The number of hydrogen-bond donors (Lipinski definition) is 1. The topological polar surface area (TPSA) is 94.7 Å². The van der Waals surface area contributed by atoms with Gasteiger partial charge in [-0.1, -0.05) is 54.6 Å². The smallest absolute Gasteiger partial charge is 0.137 e. The second kappa shape index (κ2) is 10.6. The SMILES string of the molecule is Cc1cccc(C)c1N=c1ccc2c(-c3ccccc3S(=O)(=O)[O-])c3ccc(Nc4c(C)cccc4C)cc3oc-2c1. The van der Waals surface area contributed by atoms with E-state index in [0.717, 1.165) is 39.3 Å². The molecular formula is C35H29N2O4S-. The van der Waals surface area contributed by atoms with Gasteiger partial charge in [0.05, 0.1) is 15.9 Å². The minimum absolute atomic E-state index is 0.277. The highest BCUT2D eigenvalue weighted by molar-refractivity contribution is 7.85. The van der Waals surface area contributed by atoms with Gasteiger partial charge < -0.3 is 14.3 Å². The largest absolute Gasteiger partial charge is 0.744 e. The molecule has 0 aromatic heterocycles. The van der Waals surface area contributed by atoms with Crippen LogP contribution in [0.3, 0.4) is 0 Å². The summed E-state index contributed by atoms with van der Waals surface area (Å²) in [4.78, 5) is 4.63. The van der Waals surface area contributed by atoms with Crippen LogP contribution in [0.5, 0.6) is 0 Å². The van der Waals surface area contributed by atoms with Gasteiger partial charge in [0.25, 0.3) is 0 Å². The Labute approximate surface area is 245 Å². The lowest BCUT2D eigenvalue weighted by Crippen LogP contribution is -2.05. The fraction of sp³-hybridized carbons (Fsp3) is 0.114. The lowest BCUT2D eigenvalue weighted by Gasteiger charge is -2.20. The number of fused-ring (bicyclic) bond motifs is 2. The van der Waals surface area contributed by atoms with E-state index >= 15 is 0 Å². The molecule has 0 unspecified atom stereocenters. The van der Waals surface area contributed by atoms with E-state index in [9.17, 15) is 13.0 Å². The van der Waals surface area contributed by atoms with Gasteiger partial charge in [-0.15, -0.1) is 0 Å². The molecule has 0 atom stereocenters. The van der Waals surface area contributed by atoms with Gasteiger partial charge in [0, 0.05) is 45.6 Å². The molecule has 1 aliphatic heterocycles. The minimum Gasteiger partial charge on any atom is -0.744 e. The molecule has 6 rings (SSSR count). The molecule has 42 heavy (non-hydrogen) atoms. The van der Waals surface area contributed by atoms with Gasteiger partial charge in [-0.25, -0.2) is 13.4 Å². The number of nitrogens with one attached hydrogen (secondary N) is 1. The Hall–Kier alpha value is -4.72. The zero-order valence-corrected chi connectivity index (χ0v) is 24.5. The first kappa shape index (κ1) is 27.4. The van der Waals surface area contributed by atoms with E-state index in [4.69, 9.17) is 9.41 Å². The predicted octanol–water partition coefficient (Wildman–Crippen LogP) is 8.32. The zero-order valence-electron chi connectivity index (χ0n) is 23.7. The van der Waals surface area contributed by atoms with Crippen LogP contribution >= 0.6 is 0 Å². The summed E-state index contributed by atoms with van der Waals surface area (Å²) in [7, 11) is -4.75. The first-order valence-electron chi connectivity index (χ1n) is 13.6. The molecule has 1 heterocycles. The van der Waals surface area contributed by atoms with Crippen LogP contribution < -0.4 is 10.7 Å². The van der Waals surface area contributed by atoms with Crippen LogP contribution in [0.25, 0.3) is 33.4 Å². The Kier molecular flexibility index (Phi) is 6.93. The van der Waals surface area contributed by atoms with Gasteiger partial charge in [0.2, 0.25) is 0 Å². The molecule has 0 radical (unpaired) electrons. The molecule has 210 valence electrons. The molecule has 1 aliphatic carbocycles. The Morgan fingerprint density at radius 3 is 2.07 bits per heavy atom. The minimum atomic E-state index is -4.75. The van der Waals surface area contributed by atoms with Gasteiger partial charge >= 0.3 is 0 Å². The average molecular weight is 574 g/mol. The second-order valence-corrected chi connectivity index (χ2v) is 11.9. The van der Waals surface area contributed by atoms with Crippen molar-refractivity contribution in [1.82, 2.24) is 0 Å². The van der Waals surface area contributed by atoms with Crippen molar-refractivity contribution in [2.75, 3.05) is 5.32 Å². The molecule has 6 nitrogen and oxygen atoms in total. The van der Waals surface area contributed by atoms with Gasteiger partial charge in [-0.05, 0) is 80.3 Å². The zero-order chi connectivity index (χ0) is 29.6. The number of nitrogens with zero attached hydrogens (tertiary/aromatic N) is 1. The van der Waals surface area contributed by atoms with Crippen molar-refractivity contribution in [2.45, 2.75) is 32.6 Å². The maximum absolute atomic E-state index is 12.3. The van der Waals surface area contributed by atoms with E-state index in [1.54, 1.807) is 18.2 Å². The second-order valence-electron chi connectivity index (χ2n) is 10.6. The van der Waals surface area contributed by atoms with E-state index in [-0.39, 0.29) is 4.90 Å². The molecule has 7 heteroatoms. The summed E-state index contributed by atoms with van der Waals surface area (Å²) in [6.45, 7) is 8.14. The van der Waals surface area contributed by atoms with E-state index in [1.807, 2.05) is 100 Å². The first-order valence-corrected chi connectivity index (χ1v) is 15.0. The highest BCUT2D eigenvalue weighted by Crippen LogP contribution is 2.43. The summed E-state index contributed by atoms with van der Waals surface area (Å²) in [5.74, 6) is 0.521. The number of anilines is 2. The van der Waals surface area contributed by atoms with Gasteiger partial charge in [0.1, 0.15) is 21.5 Å². The Bertz CT molecular complexity index is 2110. The predicted molar refractivity (Wildman–Crippen MR) is 167 cm³/mol. The highest BCUT2D eigenvalue weighted by Gasteiger charge is 2.21. The highest BCUT2D eigenvalue weighted by atomic mass is 32.2. The molecule has 0 saturated carbocycles. The van der Waals surface area contributed by atoms with Crippen LogP contribution in [0.4, 0.5) is 17.1 Å². The normalized spacial score (nSPS) is 12.3. The summed E-state index contributed by atoms with van der Waals surface area (Å²) < 4.78 is 43.5. The summed E-state index contributed by atoms with van der Waals surface area (Å²) >= 11 is 0.